The van der Waals surface area contributed by atoms with Gasteiger partial charge in [-0.25, -0.2) is 9.78 Å². The minimum Gasteiger partial charge on any atom is -0.487 e. The normalized spacial score (nSPS) is 11.2. The van der Waals surface area contributed by atoms with Crippen LogP contribution in [0.4, 0.5) is 0 Å². The van der Waals surface area contributed by atoms with Gasteiger partial charge in [0, 0.05) is 11.1 Å². The molecule has 0 radical (unpaired) electrons. The molecule has 8 heteroatoms. The highest BCUT2D eigenvalue weighted by Crippen LogP contribution is 2.24. The van der Waals surface area contributed by atoms with Crippen molar-refractivity contribution < 1.29 is 28.6 Å². The average molecular weight is 535 g/mol. The molecule has 40 heavy (non-hydrogen) atoms. The van der Waals surface area contributed by atoms with Gasteiger partial charge in [0.25, 0.3) is 0 Å². The number of benzene rings is 4. The van der Waals surface area contributed by atoms with E-state index in [2.05, 4.69) is 10.1 Å². The summed E-state index contributed by atoms with van der Waals surface area (Å²) in [5.41, 5.74) is 2.56. The van der Waals surface area contributed by atoms with Crippen LogP contribution in [0.1, 0.15) is 22.6 Å². The molecule has 1 heterocycles. The summed E-state index contributed by atoms with van der Waals surface area (Å²) < 4.78 is 17.5. The van der Waals surface area contributed by atoms with Gasteiger partial charge >= 0.3 is 5.97 Å². The van der Waals surface area contributed by atoms with Crippen LogP contribution >= 0.6 is 0 Å². The molecule has 0 saturated carbocycles. The van der Waals surface area contributed by atoms with E-state index < -0.39 is 5.97 Å². The number of oxime groups is 1. The number of para-hydroxylation sites is 1. The van der Waals surface area contributed by atoms with Crippen molar-refractivity contribution in [2.24, 2.45) is 5.16 Å². The van der Waals surface area contributed by atoms with Gasteiger partial charge in [0.2, 0.25) is 5.89 Å². The lowest BCUT2D eigenvalue weighted by Crippen LogP contribution is -2.15. The Hall–Kier alpha value is -5.37. The number of carboxylic acid groups (broad SMARTS) is 1. The van der Waals surface area contributed by atoms with E-state index in [9.17, 15) is 9.90 Å². The summed E-state index contributed by atoms with van der Waals surface area (Å²) in [4.78, 5) is 21.8. The number of aliphatic carboxylic acids is 1. The van der Waals surface area contributed by atoms with Gasteiger partial charge in [-0.05, 0) is 61.0 Å². The van der Waals surface area contributed by atoms with E-state index >= 15 is 0 Å². The standard InChI is InChI=1S/C32H26N2O6/c1-22-29(33-31(39-22)24-9-4-2-5-10-24)21-37-26-17-15-23(16-18-26)20-38-34-30(32(35)36)25-11-8-14-28(19-25)40-27-12-6-3-7-13-27/h2-19H,20-21H2,1H3,(H,35,36)/b34-30+. The first-order chi connectivity index (χ1) is 19.5. The summed E-state index contributed by atoms with van der Waals surface area (Å²) >= 11 is 0. The SMILES string of the molecule is Cc1oc(-c2ccccc2)nc1COc1ccc(CO/N=C(/C(=O)O)c2cccc(Oc3ccccc3)c2)cc1. The van der Waals surface area contributed by atoms with Gasteiger partial charge in [-0.1, -0.05) is 65.8 Å². The van der Waals surface area contributed by atoms with Crippen molar-refractivity contribution in [2.75, 3.05) is 0 Å². The number of hydrogen-bond donors (Lipinski definition) is 1. The highest BCUT2D eigenvalue weighted by atomic mass is 16.6. The molecule has 0 spiro atoms. The van der Waals surface area contributed by atoms with E-state index in [0.717, 1.165) is 16.8 Å². The van der Waals surface area contributed by atoms with Crippen molar-refractivity contribution in [1.29, 1.82) is 0 Å². The van der Waals surface area contributed by atoms with E-state index in [1.54, 1.807) is 36.4 Å². The third-order valence-corrected chi connectivity index (χ3v) is 5.89. The quantitative estimate of drug-likeness (QED) is 0.143. The Balaban J connectivity index is 1.18. The fourth-order valence-electron chi connectivity index (χ4n) is 3.82. The monoisotopic (exact) mass is 534 g/mol. The number of rotatable bonds is 11. The zero-order valence-electron chi connectivity index (χ0n) is 21.7. The summed E-state index contributed by atoms with van der Waals surface area (Å²) in [5, 5.41) is 13.6. The number of carbonyl (C=O) groups is 1. The van der Waals surface area contributed by atoms with E-state index in [1.165, 1.54) is 0 Å². The summed E-state index contributed by atoms with van der Waals surface area (Å²) in [6, 6.07) is 32.9. The highest BCUT2D eigenvalue weighted by molar-refractivity contribution is 6.42. The number of aromatic nitrogens is 1. The van der Waals surface area contributed by atoms with Crippen LogP contribution in [0.5, 0.6) is 17.2 Å². The number of ether oxygens (including phenoxy) is 2. The van der Waals surface area contributed by atoms with Crippen LogP contribution in [-0.4, -0.2) is 21.8 Å². The number of hydrogen-bond acceptors (Lipinski definition) is 7. The highest BCUT2D eigenvalue weighted by Gasteiger charge is 2.15. The maximum absolute atomic E-state index is 11.9. The van der Waals surface area contributed by atoms with E-state index in [0.29, 0.717) is 34.5 Å². The topological polar surface area (TPSA) is 103 Å². The largest absolute Gasteiger partial charge is 0.487 e. The minimum atomic E-state index is -1.21. The van der Waals surface area contributed by atoms with E-state index in [4.69, 9.17) is 18.7 Å². The van der Waals surface area contributed by atoms with Gasteiger partial charge in [0.05, 0.1) is 0 Å². The summed E-state index contributed by atoms with van der Waals surface area (Å²) in [5.74, 6) is 1.83. The predicted octanol–water partition coefficient (Wildman–Crippen LogP) is 7.03. The molecule has 0 aliphatic heterocycles. The molecule has 0 atom stereocenters. The average Bonchev–Trinajstić information content (AvgIpc) is 3.36. The van der Waals surface area contributed by atoms with Crippen LogP contribution in [0.15, 0.2) is 119 Å². The minimum absolute atomic E-state index is 0.0834. The molecule has 5 rings (SSSR count). The number of nitrogens with zero attached hydrogens (tertiary/aromatic N) is 2. The third kappa shape index (κ3) is 6.73. The number of oxazole rings is 1. The Kier molecular flexibility index (Phi) is 8.17. The lowest BCUT2D eigenvalue weighted by atomic mass is 10.1. The van der Waals surface area contributed by atoms with Crippen molar-refractivity contribution in [3.8, 4) is 28.7 Å². The van der Waals surface area contributed by atoms with Gasteiger partial charge in [-0.2, -0.15) is 0 Å². The lowest BCUT2D eigenvalue weighted by molar-refractivity contribution is -0.129. The third-order valence-electron chi connectivity index (χ3n) is 5.89. The molecule has 0 amide bonds. The van der Waals surface area contributed by atoms with Gasteiger partial charge < -0.3 is 23.8 Å². The predicted molar refractivity (Wildman–Crippen MR) is 149 cm³/mol. The first-order valence-electron chi connectivity index (χ1n) is 12.6. The molecular weight excluding hydrogens is 508 g/mol. The van der Waals surface area contributed by atoms with E-state index in [-0.39, 0.29) is 18.9 Å². The van der Waals surface area contributed by atoms with Crippen LogP contribution in [0.2, 0.25) is 0 Å². The van der Waals surface area contributed by atoms with Gasteiger partial charge in [-0.3, -0.25) is 0 Å². The molecule has 1 N–H and O–H groups in total. The van der Waals surface area contributed by atoms with E-state index in [1.807, 2.05) is 79.7 Å². The first-order valence-corrected chi connectivity index (χ1v) is 12.6. The molecule has 0 bridgehead atoms. The molecule has 1 aromatic heterocycles. The number of aryl methyl sites for hydroxylation is 1. The second-order valence-electron chi connectivity index (χ2n) is 8.78. The molecule has 4 aromatic carbocycles. The molecule has 0 aliphatic rings. The number of carboxylic acids is 1. The Morgan fingerprint density at radius 2 is 1.52 bits per heavy atom. The van der Waals surface area contributed by atoms with Crippen LogP contribution in [0.3, 0.4) is 0 Å². The van der Waals surface area contributed by atoms with Crippen molar-refractivity contribution in [1.82, 2.24) is 4.98 Å². The molecule has 0 unspecified atom stereocenters. The van der Waals surface area contributed by atoms with Crippen molar-refractivity contribution in [2.45, 2.75) is 20.1 Å². The maximum atomic E-state index is 11.9. The molecule has 0 aliphatic carbocycles. The summed E-state index contributed by atoms with van der Waals surface area (Å²) in [7, 11) is 0. The lowest BCUT2D eigenvalue weighted by Gasteiger charge is -2.08. The fourth-order valence-corrected chi connectivity index (χ4v) is 3.82. The molecule has 0 saturated heterocycles. The maximum Gasteiger partial charge on any atom is 0.358 e. The smallest absolute Gasteiger partial charge is 0.358 e. The fraction of sp³-hybridized carbons (Fsp3) is 0.0938. The first kappa shape index (κ1) is 26.2. The molecule has 200 valence electrons. The summed E-state index contributed by atoms with van der Waals surface area (Å²) in [6.07, 6.45) is 0. The van der Waals surface area contributed by atoms with Crippen molar-refractivity contribution in [3.05, 3.63) is 132 Å². The van der Waals surface area contributed by atoms with Crippen LogP contribution in [0, 0.1) is 6.92 Å². The Bertz CT molecular complexity index is 1600. The van der Waals surface area contributed by atoms with Crippen LogP contribution < -0.4 is 9.47 Å². The van der Waals surface area contributed by atoms with Crippen LogP contribution in [-0.2, 0) is 22.8 Å². The van der Waals surface area contributed by atoms with Crippen molar-refractivity contribution >= 4 is 11.7 Å². The molecule has 8 nitrogen and oxygen atoms in total. The Morgan fingerprint density at radius 3 is 2.25 bits per heavy atom. The van der Waals surface area contributed by atoms with Gasteiger partial charge in [0.1, 0.15) is 41.9 Å². The summed E-state index contributed by atoms with van der Waals surface area (Å²) in [6.45, 7) is 2.20. The zero-order chi connectivity index (χ0) is 27.7. The van der Waals surface area contributed by atoms with Gasteiger partial charge in [0.15, 0.2) is 5.71 Å². The second kappa shape index (κ2) is 12.4. The second-order valence-corrected chi connectivity index (χ2v) is 8.78. The van der Waals surface area contributed by atoms with Crippen molar-refractivity contribution in [3.63, 3.8) is 0 Å². The molecular formula is C32H26N2O6. The molecule has 0 fully saturated rings. The Labute approximate surface area is 231 Å². The van der Waals surface area contributed by atoms with Crippen LogP contribution in [0.25, 0.3) is 11.5 Å². The Morgan fingerprint density at radius 1 is 0.825 bits per heavy atom. The van der Waals surface area contributed by atoms with Gasteiger partial charge in [-0.15, -0.1) is 0 Å². The molecule has 5 aromatic rings. The zero-order valence-corrected chi connectivity index (χ0v) is 21.7.